The molecule has 2 aliphatic rings. The van der Waals surface area contributed by atoms with Gasteiger partial charge in [0.25, 0.3) is 0 Å². The van der Waals surface area contributed by atoms with Crippen LogP contribution in [0.4, 0.5) is 4.79 Å². The van der Waals surface area contributed by atoms with Gasteiger partial charge < -0.3 is 20.1 Å². The summed E-state index contributed by atoms with van der Waals surface area (Å²) in [6.45, 7) is 4.12. The van der Waals surface area contributed by atoms with E-state index in [0.717, 1.165) is 25.4 Å². The molecule has 1 atom stereocenters. The minimum Gasteiger partial charge on any atom is -0.480 e. The Kier molecular flexibility index (Phi) is 4.86. The lowest BCUT2D eigenvalue weighted by Gasteiger charge is -2.31. The van der Waals surface area contributed by atoms with E-state index in [1.54, 1.807) is 6.92 Å². The van der Waals surface area contributed by atoms with Crippen LogP contribution in [0.25, 0.3) is 0 Å². The average Bonchev–Trinajstić information content (AvgIpc) is 3.14. The molecule has 2 amide bonds. The summed E-state index contributed by atoms with van der Waals surface area (Å²) in [5, 5.41) is 12.0. The minimum atomic E-state index is -1.06. The van der Waals surface area contributed by atoms with Gasteiger partial charge in [0.15, 0.2) is 0 Å². The number of carboxylic acids is 1. The predicted octanol–water partition coefficient (Wildman–Crippen LogP) is 1.45. The number of hydrogen-bond acceptors (Lipinski definition) is 3. The summed E-state index contributed by atoms with van der Waals surface area (Å²) >= 11 is 0. The number of carbonyl (C=O) groups excluding carboxylic acids is 1. The van der Waals surface area contributed by atoms with Gasteiger partial charge in [0, 0.05) is 26.3 Å². The maximum Gasteiger partial charge on any atom is 0.329 e. The van der Waals surface area contributed by atoms with Crippen LogP contribution in [-0.2, 0) is 9.53 Å². The summed E-state index contributed by atoms with van der Waals surface area (Å²) in [7, 11) is 0. The molecule has 0 aromatic rings. The van der Waals surface area contributed by atoms with E-state index in [1.807, 2.05) is 0 Å². The first-order chi connectivity index (χ1) is 9.54. The van der Waals surface area contributed by atoms with Crippen LogP contribution in [-0.4, -0.2) is 53.8 Å². The molecule has 2 N–H and O–H groups in total. The Labute approximate surface area is 119 Å². The third kappa shape index (κ3) is 3.62. The van der Waals surface area contributed by atoms with Gasteiger partial charge in [-0.1, -0.05) is 0 Å². The van der Waals surface area contributed by atoms with Crippen LogP contribution in [0.2, 0.25) is 0 Å². The summed E-state index contributed by atoms with van der Waals surface area (Å²) in [5.41, 5.74) is -1.06. The summed E-state index contributed by atoms with van der Waals surface area (Å²) < 4.78 is 5.49. The zero-order valence-corrected chi connectivity index (χ0v) is 12.1. The summed E-state index contributed by atoms with van der Waals surface area (Å²) in [6, 6.07) is -0.283. The first-order valence-electron chi connectivity index (χ1n) is 7.40. The highest BCUT2D eigenvalue weighted by molar-refractivity contribution is 5.86. The molecular formula is C14H24N2O4. The zero-order valence-electron chi connectivity index (χ0n) is 12.1. The molecule has 1 heterocycles. The Balaban J connectivity index is 1.64. The van der Waals surface area contributed by atoms with E-state index in [4.69, 9.17) is 4.74 Å². The van der Waals surface area contributed by atoms with Gasteiger partial charge in [0.1, 0.15) is 5.54 Å². The van der Waals surface area contributed by atoms with E-state index in [9.17, 15) is 14.7 Å². The third-order valence-corrected chi connectivity index (χ3v) is 4.14. The van der Waals surface area contributed by atoms with Gasteiger partial charge in [-0.3, -0.25) is 0 Å². The Hall–Kier alpha value is -1.30. The van der Waals surface area contributed by atoms with Crippen LogP contribution in [0.3, 0.4) is 0 Å². The van der Waals surface area contributed by atoms with E-state index in [1.165, 1.54) is 17.7 Å². The highest BCUT2D eigenvalue weighted by Gasteiger charge is 2.45. The highest BCUT2D eigenvalue weighted by atomic mass is 16.5. The maximum absolute atomic E-state index is 12.0. The van der Waals surface area contributed by atoms with E-state index in [0.29, 0.717) is 26.1 Å². The fourth-order valence-electron chi connectivity index (χ4n) is 2.51. The SMILES string of the molecule is CC1(C(=O)O)CCCN1C(=O)NCCCOCC1CC1. The molecule has 2 rings (SSSR count). The molecule has 0 bridgehead atoms. The van der Waals surface area contributed by atoms with Crippen molar-refractivity contribution in [1.82, 2.24) is 10.2 Å². The molecule has 0 aromatic heterocycles. The van der Waals surface area contributed by atoms with Gasteiger partial charge in [-0.15, -0.1) is 0 Å². The lowest BCUT2D eigenvalue weighted by atomic mass is 10.00. The second-order valence-electron chi connectivity index (χ2n) is 5.94. The minimum absolute atomic E-state index is 0.283. The molecule has 6 nitrogen and oxygen atoms in total. The van der Waals surface area contributed by atoms with Gasteiger partial charge in [-0.25, -0.2) is 9.59 Å². The second-order valence-corrected chi connectivity index (χ2v) is 5.94. The first-order valence-corrected chi connectivity index (χ1v) is 7.40. The van der Waals surface area contributed by atoms with Crippen molar-refractivity contribution < 1.29 is 19.4 Å². The van der Waals surface area contributed by atoms with Gasteiger partial charge in [-0.05, 0) is 44.9 Å². The van der Waals surface area contributed by atoms with Crippen molar-refractivity contribution in [2.45, 2.75) is 44.6 Å². The van der Waals surface area contributed by atoms with Crippen LogP contribution in [0.5, 0.6) is 0 Å². The van der Waals surface area contributed by atoms with Crippen LogP contribution in [0.15, 0.2) is 0 Å². The van der Waals surface area contributed by atoms with Gasteiger partial charge in [0.05, 0.1) is 0 Å². The number of aliphatic carboxylic acids is 1. The quantitative estimate of drug-likeness (QED) is 0.694. The van der Waals surface area contributed by atoms with Crippen molar-refractivity contribution in [3.63, 3.8) is 0 Å². The molecule has 0 aromatic carbocycles. The Bertz CT molecular complexity index is 370. The summed E-state index contributed by atoms with van der Waals surface area (Å²) in [6.07, 6.45) is 4.57. The Morgan fingerprint density at radius 1 is 1.45 bits per heavy atom. The Morgan fingerprint density at radius 2 is 2.20 bits per heavy atom. The van der Waals surface area contributed by atoms with Crippen molar-refractivity contribution in [1.29, 1.82) is 0 Å². The molecule has 0 spiro atoms. The van der Waals surface area contributed by atoms with Crippen LogP contribution in [0.1, 0.15) is 39.0 Å². The van der Waals surface area contributed by atoms with Crippen LogP contribution < -0.4 is 5.32 Å². The van der Waals surface area contributed by atoms with Gasteiger partial charge in [0.2, 0.25) is 0 Å². The van der Waals surface area contributed by atoms with Crippen LogP contribution >= 0.6 is 0 Å². The molecular weight excluding hydrogens is 260 g/mol. The fraction of sp³-hybridized carbons (Fsp3) is 0.857. The zero-order chi connectivity index (χ0) is 14.6. The highest BCUT2D eigenvalue weighted by Crippen LogP contribution is 2.29. The van der Waals surface area contributed by atoms with Crippen molar-refractivity contribution in [3.8, 4) is 0 Å². The van der Waals surface area contributed by atoms with Crippen LogP contribution in [0, 0.1) is 5.92 Å². The normalized spacial score (nSPS) is 25.8. The Morgan fingerprint density at radius 3 is 2.85 bits per heavy atom. The molecule has 2 fully saturated rings. The predicted molar refractivity (Wildman–Crippen MR) is 73.5 cm³/mol. The number of amides is 2. The number of ether oxygens (including phenoxy) is 1. The second kappa shape index (κ2) is 6.43. The lowest BCUT2D eigenvalue weighted by molar-refractivity contribution is -0.147. The molecule has 6 heteroatoms. The number of nitrogens with one attached hydrogen (secondary N) is 1. The number of hydrogen-bond donors (Lipinski definition) is 2. The molecule has 114 valence electrons. The summed E-state index contributed by atoms with van der Waals surface area (Å²) in [5.74, 6) is -0.177. The molecule has 1 saturated carbocycles. The molecule has 0 radical (unpaired) electrons. The van der Waals surface area contributed by atoms with Crippen molar-refractivity contribution in [2.75, 3.05) is 26.3 Å². The van der Waals surface area contributed by atoms with Gasteiger partial charge in [-0.2, -0.15) is 0 Å². The van der Waals surface area contributed by atoms with E-state index >= 15 is 0 Å². The fourth-order valence-corrected chi connectivity index (χ4v) is 2.51. The third-order valence-electron chi connectivity index (χ3n) is 4.14. The molecule has 20 heavy (non-hydrogen) atoms. The molecule has 1 aliphatic carbocycles. The monoisotopic (exact) mass is 284 g/mol. The summed E-state index contributed by atoms with van der Waals surface area (Å²) in [4.78, 5) is 24.7. The lowest BCUT2D eigenvalue weighted by Crippen LogP contribution is -2.54. The number of carbonyl (C=O) groups is 2. The van der Waals surface area contributed by atoms with E-state index in [-0.39, 0.29) is 6.03 Å². The number of urea groups is 1. The van der Waals surface area contributed by atoms with E-state index in [2.05, 4.69) is 5.32 Å². The first kappa shape index (κ1) is 15.1. The molecule has 1 saturated heterocycles. The van der Waals surface area contributed by atoms with Crippen molar-refractivity contribution >= 4 is 12.0 Å². The number of carboxylic acid groups (broad SMARTS) is 1. The standard InChI is InChI=1S/C14H24N2O4/c1-14(12(17)18)6-2-8-16(14)13(19)15-7-3-9-20-10-11-4-5-11/h11H,2-10H2,1H3,(H,15,19)(H,17,18). The maximum atomic E-state index is 12.0. The van der Waals surface area contributed by atoms with E-state index < -0.39 is 11.5 Å². The number of likely N-dealkylation sites (tertiary alicyclic amines) is 1. The molecule has 1 aliphatic heterocycles. The molecule has 1 unspecified atom stereocenters. The average molecular weight is 284 g/mol. The number of rotatable bonds is 7. The van der Waals surface area contributed by atoms with Gasteiger partial charge >= 0.3 is 12.0 Å². The van der Waals surface area contributed by atoms with Crippen molar-refractivity contribution in [3.05, 3.63) is 0 Å². The number of nitrogens with zero attached hydrogens (tertiary/aromatic N) is 1. The van der Waals surface area contributed by atoms with Crippen molar-refractivity contribution in [2.24, 2.45) is 5.92 Å². The topological polar surface area (TPSA) is 78.9 Å². The largest absolute Gasteiger partial charge is 0.480 e. The smallest absolute Gasteiger partial charge is 0.329 e.